The van der Waals surface area contributed by atoms with E-state index in [0.29, 0.717) is 24.9 Å². The molecule has 0 atom stereocenters. The smallest absolute Gasteiger partial charge is 0.170 e. The molecule has 1 saturated heterocycles. The number of nitrogens with zero attached hydrogens (tertiary/aromatic N) is 2. The van der Waals surface area contributed by atoms with Crippen molar-refractivity contribution in [3.8, 4) is 0 Å². The van der Waals surface area contributed by atoms with Crippen LogP contribution in [-0.4, -0.2) is 36.4 Å². The number of hydrogen-bond acceptors (Lipinski definition) is 4. The van der Waals surface area contributed by atoms with Crippen LogP contribution >= 0.6 is 12.2 Å². The van der Waals surface area contributed by atoms with Crippen molar-refractivity contribution in [1.82, 2.24) is 10.3 Å². The number of ether oxygens (including phenoxy) is 1. The van der Waals surface area contributed by atoms with Gasteiger partial charge in [0.2, 0.25) is 0 Å². The van der Waals surface area contributed by atoms with Gasteiger partial charge in [0, 0.05) is 37.4 Å². The van der Waals surface area contributed by atoms with Crippen molar-refractivity contribution < 1.29 is 9.13 Å². The molecule has 5 nitrogen and oxygen atoms in total. The molecule has 3 heterocycles. The Balaban J connectivity index is 1.23. The second kappa shape index (κ2) is 10.1. The molecule has 1 aromatic heterocycles. The summed E-state index contributed by atoms with van der Waals surface area (Å²) in [7, 11) is 0. The standard InChI is InChI=1S/C27H29FN4OS/c28-22-9-7-21(8-10-22)27(13-16-33-17-14-27)19-30-26(34)31-23-11-12-25(29-18-23)32-15-3-5-20-4-1-2-6-24(20)32/h1-2,4,6-12,18H,3,5,13-17,19H2,(H2,30,31,34). The van der Waals surface area contributed by atoms with Gasteiger partial charge in [-0.05, 0) is 79.4 Å². The van der Waals surface area contributed by atoms with Gasteiger partial charge >= 0.3 is 0 Å². The maximum atomic E-state index is 13.5. The summed E-state index contributed by atoms with van der Waals surface area (Å²) in [5.41, 5.74) is 4.42. The highest BCUT2D eigenvalue weighted by Gasteiger charge is 2.34. The van der Waals surface area contributed by atoms with Crippen molar-refractivity contribution in [2.75, 3.05) is 36.5 Å². The Labute approximate surface area is 205 Å². The van der Waals surface area contributed by atoms with E-state index in [1.165, 1.54) is 23.4 Å². The van der Waals surface area contributed by atoms with Crippen LogP contribution in [0.3, 0.4) is 0 Å². The third-order valence-electron chi connectivity index (χ3n) is 6.89. The monoisotopic (exact) mass is 476 g/mol. The number of fused-ring (bicyclic) bond motifs is 1. The first kappa shape index (κ1) is 22.7. The molecule has 0 saturated carbocycles. The first-order chi connectivity index (χ1) is 16.6. The van der Waals surface area contributed by atoms with Crippen LogP contribution in [0.25, 0.3) is 0 Å². The quantitative estimate of drug-likeness (QED) is 0.485. The zero-order valence-electron chi connectivity index (χ0n) is 19.1. The topological polar surface area (TPSA) is 49.4 Å². The second-order valence-electron chi connectivity index (χ2n) is 9.00. The number of anilines is 3. The van der Waals surface area contributed by atoms with Crippen molar-refractivity contribution in [1.29, 1.82) is 0 Å². The van der Waals surface area contributed by atoms with Crippen molar-refractivity contribution in [2.24, 2.45) is 0 Å². The Morgan fingerprint density at radius 3 is 2.62 bits per heavy atom. The molecule has 0 radical (unpaired) electrons. The summed E-state index contributed by atoms with van der Waals surface area (Å²) in [6, 6.07) is 19.4. The Morgan fingerprint density at radius 2 is 1.85 bits per heavy atom. The number of hydrogen-bond donors (Lipinski definition) is 2. The fraction of sp³-hybridized carbons (Fsp3) is 0.333. The summed E-state index contributed by atoms with van der Waals surface area (Å²) in [6.45, 7) is 2.99. The van der Waals surface area contributed by atoms with Crippen LogP contribution < -0.4 is 15.5 Å². The predicted octanol–water partition coefficient (Wildman–Crippen LogP) is 5.34. The van der Waals surface area contributed by atoms with Gasteiger partial charge in [-0.1, -0.05) is 30.3 Å². The van der Waals surface area contributed by atoms with Gasteiger partial charge in [0.05, 0.1) is 11.9 Å². The molecule has 0 unspecified atom stereocenters. The molecule has 7 heteroatoms. The molecule has 176 valence electrons. The van der Waals surface area contributed by atoms with Crippen LogP contribution in [0.2, 0.25) is 0 Å². The summed E-state index contributed by atoms with van der Waals surface area (Å²) in [5.74, 6) is 0.717. The van der Waals surface area contributed by atoms with Crippen molar-refractivity contribution in [3.05, 3.63) is 83.8 Å². The number of aromatic nitrogens is 1. The number of benzene rings is 2. The van der Waals surface area contributed by atoms with E-state index in [0.717, 1.165) is 49.3 Å². The van der Waals surface area contributed by atoms with Crippen LogP contribution in [0, 0.1) is 5.82 Å². The van der Waals surface area contributed by atoms with Gasteiger partial charge in [0.15, 0.2) is 5.11 Å². The lowest BCUT2D eigenvalue weighted by atomic mass is 9.74. The van der Waals surface area contributed by atoms with Crippen molar-refractivity contribution in [2.45, 2.75) is 31.1 Å². The summed E-state index contributed by atoms with van der Waals surface area (Å²) < 4.78 is 19.1. The number of aryl methyl sites for hydroxylation is 1. The summed E-state index contributed by atoms with van der Waals surface area (Å²) >= 11 is 5.58. The number of nitrogens with one attached hydrogen (secondary N) is 2. The van der Waals surface area contributed by atoms with Gasteiger partial charge in [-0.3, -0.25) is 0 Å². The van der Waals surface area contributed by atoms with Crippen molar-refractivity contribution in [3.63, 3.8) is 0 Å². The van der Waals surface area contributed by atoms with E-state index in [4.69, 9.17) is 21.9 Å². The molecular weight excluding hydrogens is 447 g/mol. The molecule has 0 aliphatic carbocycles. The van der Waals surface area contributed by atoms with E-state index in [-0.39, 0.29) is 11.2 Å². The molecule has 0 bridgehead atoms. The lowest BCUT2D eigenvalue weighted by Crippen LogP contribution is -2.45. The van der Waals surface area contributed by atoms with Gasteiger partial charge in [0.25, 0.3) is 0 Å². The average Bonchev–Trinajstić information content (AvgIpc) is 2.89. The predicted molar refractivity (Wildman–Crippen MR) is 138 cm³/mol. The average molecular weight is 477 g/mol. The number of rotatable bonds is 5. The second-order valence-corrected chi connectivity index (χ2v) is 9.40. The highest BCUT2D eigenvalue weighted by Crippen LogP contribution is 2.35. The van der Waals surface area contributed by atoms with Gasteiger partial charge in [-0.25, -0.2) is 9.37 Å². The molecule has 3 aromatic rings. The molecule has 2 aromatic carbocycles. The van der Waals surface area contributed by atoms with Gasteiger partial charge < -0.3 is 20.3 Å². The van der Waals surface area contributed by atoms with Gasteiger partial charge in [-0.15, -0.1) is 0 Å². The highest BCUT2D eigenvalue weighted by atomic mass is 32.1. The van der Waals surface area contributed by atoms with Crippen LogP contribution in [-0.2, 0) is 16.6 Å². The molecule has 0 amide bonds. The number of halogens is 1. The molecule has 0 spiro atoms. The normalized spacial score (nSPS) is 17.0. The minimum Gasteiger partial charge on any atom is -0.381 e. The SMILES string of the molecule is Fc1ccc(C2(CNC(=S)Nc3ccc(N4CCCc5ccccc54)nc3)CCOCC2)cc1. The van der Waals surface area contributed by atoms with E-state index in [1.807, 2.05) is 30.5 Å². The van der Waals surface area contributed by atoms with Crippen LogP contribution in [0.1, 0.15) is 30.4 Å². The molecule has 1 fully saturated rings. The van der Waals surface area contributed by atoms with E-state index in [9.17, 15) is 4.39 Å². The lowest BCUT2D eigenvalue weighted by Gasteiger charge is -2.38. The molecule has 2 N–H and O–H groups in total. The third-order valence-corrected chi connectivity index (χ3v) is 7.13. The first-order valence-corrected chi connectivity index (χ1v) is 12.2. The highest BCUT2D eigenvalue weighted by molar-refractivity contribution is 7.80. The van der Waals surface area contributed by atoms with Crippen LogP contribution in [0.15, 0.2) is 66.9 Å². The Hall–Kier alpha value is -3.03. The van der Waals surface area contributed by atoms with E-state index in [2.05, 4.69) is 39.8 Å². The van der Waals surface area contributed by atoms with Gasteiger partial charge in [-0.2, -0.15) is 0 Å². The number of para-hydroxylation sites is 1. The summed E-state index contributed by atoms with van der Waals surface area (Å²) in [4.78, 5) is 6.97. The van der Waals surface area contributed by atoms with Crippen LogP contribution in [0.5, 0.6) is 0 Å². The zero-order chi connectivity index (χ0) is 23.4. The number of pyridine rings is 1. The Bertz CT molecular complexity index is 1130. The van der Waals surface area contributed by atoms with Gasteiger partial charge in [0.1, 0.15) is 11.6 Å². The van der Waals surface area contributed by atoms with E-state index in [1.54, 1.807) is 0 Å². The van der Waals surface area contributed by atoms with Crippen molar-refractivity contribution >= 4 is 34.5 Å². The molecule has 34 heavy (non-hydrogen) atoms. The molecular formula is C27H29FN4OS. The summed E-state index contributed by atoms with van der Waals surface area (Å²) in [6.07, 6.45) is 5.78. The summed E-state index contributed by atoms with van der Waals surface area (Å²) in [5, 5.41) is 7.18. The largest absolute Gasteiger partial charge is 0.381 e. The Morgan fingerprint density at radius 1 is 1.06 bits per heavy atom. The van der Waals surface area contributed by atoms with E-state index < -0.39 is 0 Å². The molecule has 5 rings (SSSR count). The molecule has 2 aliphatic rings. The molecule has 2 aliphatic heterocycles. The maximum Gasteiger partial charge on any atom is 0.170 e. The lowest BCUT2D eigenvalue weighted by molar-refractivity contribution is 0.0515. The third kappa shape index (κ3) is 4.91. The number of thiocarbonyl (C=S) groups is 1. The Kier molecular flexibility index (Phi) is 6.74. The van der Waals surface area contributed by atoms with E-state index >= 15 is 0 Å². The fourth-order valence-corrected chi connectivity index (χ4v) is 5.14. The fourth-order valence-electron chi connectivity index (χ4n) is 4.95. The minimum atomic E-state index is -0.222. The minimum absolute atomic E-state index is 0.137. The zero-order valence-corrected chi connectivity index (χ0v) is 19.9. The first-order valence-electron chi connectivity index (χ1n) is 11.8. The maximum absolute atomic E-state index is 13.5. The van der Waals surface area contributed by atoms with Crippen LogP contribution in [0.4, 0.5) is 21.6 Å².